The maximum absolute atomic E-state index is 12.5. The van der Waals surface area contributed by atoms with Gasteiger partial charge in [-0.05, 0) is 87.7 Å². The number of unbranched alkanes of at least 4 members (excludes halogenated alkanes) is 8. The first-order valence-electron chi connectivity index (χ1n) is 13.3. The number of esters is 1. The third kappa shape index (κ3) is 13.3. The SMILES string of the molecule is C=C/C=C/CCCCCCCCCCOc1ccc(C(=O)Oc2ccc(N/C(C)=C/C(C)=O)cc2)cc1. The van der Waals surface area contributed by atoms with Crippen LogP contribution in [0.4, 0.5) is 5.69 Å². The van der Waals surface area contributed by atoms with Crippen molar-refractivity contribution < 1.29 is 19.1 Å². The standard InChI is InChI=1S/C32H41NO4/c1-4-5-6-7-8-9-10-11-12-13-14-15-24-36-30-20-16-28(17-21-30)32(35)37-31-22-18-29(19-23-31)33-26(2)25-27(3)34/h4-6,16-23,25,33H,1,7-15,24H2,2-3H3/b6-5+,26-25+. The summed E-state index contributed by atoms with van der Waals surface area (Å²) in [5.74, 6) is 0.761. The minimum absolute atomic E-state index is 0.0206. The van der Waals surface area contributed by atoms with Crippen LogP contribution in [0.1, 0.15) is 82.0 Å². The highest BCUT2D eigenvalue weighted by Gasteiger charge is 2.09. The van der Waals surface area contributed by atoms with Crippen molar-refractivity contribution in [3.63, 3.8) is 0 Å². The van der Waals surface area contributed by atoms with Crippen molar-refractivity contribution in [1.29, 1.82) is 0 Å². The van der Waals surface area contributed by atoms with Crippen LogP contribution < -0.4 is 14.8 Å². The second-order valence-electron chi connectivity index (χ2n) is 9.13. The Morgan fingerprint density at radius 2 is 1.41 bits per heavy atom. The molecule has 198 valence electrons. The van der Waals surface area contributed by atoms with E-state index in [4.69, 9.17) is 9.47 Å². The predicted octanol–water partition coefficient (Wildman–Crippen LogP) is 8.44. The van der Waals surface area contributed by atoms with Crippen LogP contribution in [-0.4, -0.2) is 18.4 Å². The maximum atomic E-state index is 12.5. The summed E-state index contributed by atoms with van der Waals surface area (Å²) in [6.45, 7) is 7.68. The van der Waals surface area contributed by atoms with E-state index in [0.717, 1.165) is 30.0 Å². The second-order valence-corrected chi connectivity index (χ2v) is 9.13. The lowest BCUT2D eigenvalue weighted by atomic mass is 10.1. The molecule has 0 amide bonds. The van der Waals surface area contributed by atoms with Crippen LogP contribution in [0, 0.1) is 0 Å². The summed E-state index contributed by atoms with van der Waals surface area (Å²) in [7, 11) is 0. The molecule has 0 saturated heterocycles. The summed E-state index contributed by atoms with van der Waals surface area (Å²) in [5, 5.41) is 3.12. The third-order valence-corrected chi connectivity index (χ3v) is 5.72. The molecule has 0 saturated carbocycles. The summed E-state index contributed by atoms with van der Waals surface area (Å²) in [4.78, 5) is 23.6. The summed E-state index contributed by atoms with van der Waals surface area (Å²) in [6, 6.07) is 14.1. The van der Waals surface area contributed by atoms with E-state index in [1.165, 1.54) is 57.9 Å². The van der Waals surface area contributed by atoms with Crippen LogP contribution in [0.3, 0.4) is 0 Å². The first-order chi connectivity index (χ1) is 18.0. The highest BCUT2D eigenvalue weighted by atomic mass is 16.5. The quantitative estimate of drug-likeness (QED) is 0.0727. The van der Waals surface area contributed by atoms with Gasteiger partial charge in [0.15, 0.2) is 5.78 Å². The van der Waals surface area contributed by atoms with E-state index in [0.29, 0.717) is 17.9 Å². The fourth-order valence-corrected chi connectivity index (χ4v) is 3.84. The van der Waals surface area contributed by atoms with Crippen molar-refractivity contribution in [2.75, 3.05) is 11.9 Å². The maximum Gasteiger partial charge on any atom is 0.343 e. The van der Waals surface area contributed by atoms with Gasteiger partial charge in [0, 0.05) is 11.4 Å². The second kappa shape index (κ2) is 17.8. The molecule has 0 bridgehead atoms. The van der Waals surface area contributed by atoms with Crippen molar-refractivity contribution in [3.05, 3.63) is 90.7 Å². The van der Waals surface area contributed by atoms with Crippen LogP contribution in [-0.2, 0) is 4.79 Å². The van der Waals surface area contributed by atoms with E-state index >= 15 is 0 Å². The lowest BCUT2D eigenvalue weighted by Crippen LogP contribution is -2.08. The van der Waals surface area contributed by atoms with E-state index in [1.54, 1.807) is 48.5 Å². The Hall–Kier alpha value is -3.60. The summed E-state index contributed by atoms with van der Waals surface area (Å²) in [5.41, 5.74) is 2.01. The van der Waals surface area contributed by atoms with Crippen molar-refractivity contribution in [2.24, 2.45) is 0 Å². The predicted molar refractivity (Wildman–Crippen MR) is 152 cm³/mol. The molecule has 0 radical (unpaired) electrons. The number of ether oxygens (including phenoxy) is 2. The van der Waals surface area contributed by atoms with Gasteiger partial charge in [-0.1, -0.05) is 63.3 Å². The highest BCUT2D eigenvalue weighted by Crippen LogP contribution is 2.20. The Balaban J connectivity index is 1.60. The van der Waals surface area contributed by atoms with Gasteiger partial charge < -0.3 is 14.8 Å². The Kier molecular flexibility index (Phi) is 14.2. The van der Waals surface area contributed by atoms with E-state index in [2.05, 4.69) is 18.0 Å². The first kappa shape index (κ1) is 29.6. The average Bonchev–Trinajstić information content (AvgIpc) is 2.88. The zero-order valence-electron chi connectivity index (χ0n) is 22.3. The Labute approximate surface area is 222 Å². The van der Waals surface area contributed by atoms with Gasteiger partial charge in [0.05, 0.1) is 12.2 Å². The van der Waals surface area contributed by atoms with Crippen molar-refractivity contribution >= 4 is 17.4 Å². The summed E-state index contributed by atoms with van der Waals surface area (Å²) >= 11 is 0. The van der Waals surface area contributed by atoms with Crippen LogP contribution in [0.2, 0.25) is 0 Å². The fraction of sp³-hybridized carbons (Fsp3) is 0.375. The molecule has 37 heavy (non-hydrogen) atoms. The van der Waals surface area contributed by atoms with E-state index < -0.39 is 5.97 Å². The number of benzene rings is 2. The largest absolute Gasteiger partial charge is 0.494 e. The minimum atomic E-state index is -0.423. The molecule has 0 unspecified atom stereocenters. The monoisotopic (exact) mass is 503 g/mol. The molecular weight excluding hydrogens is 462 g/mol. The molecule has 0 aliphatic carbocycles. The first-order valence-corrected chi connectivity index (χ1v) is 13.3. The lowest BCUT2D eigenvalue weighted by Gasteiger charge is -2.09. The smallest absolute Gasteiger partial charge is 0.343 e. The average molecular weight is 504 g/mol. The zero-order valence-corrected chi connectivity index (χ0v) is 22.3. The van der Waals surface area contributed by atoms with E-state index in [-0.39, 0.29) is 5.78 Å². The Morgan fingerprint density at radius 3 is 2.03 bits per heavy atom. The van der Waals surface area contributed by atoms with Gasteiger partial charge >= 0.3 is 5.97 Å². The van der Waals surface area contributed by atoms with E-state index in [1.807, 2.05) is 19.1 Å². The number of rotatable bonds is 18. The molecule has 1 N–H and O–H groups in total. The van der Waals surface area contributed by atoms with Crippen molar-refractivity contribution in [1.82, 2.24) is 0 Å². The normalized spacial score (nSPS) is 11.4. The molecule has 0 fully saturated rings. The number of carbonyl (C=O) groups excluding carboxylic acids is 2. The molecule has 2 aromatic rings. The molecule has 0 aliphatic heterocycles. The molecule has 2 aromatic carbocycles. The van der Waals surface area contributed by atoms with Crippen LogP contribution in [0.15, 0.2) is 85.1 Å². The fourth-order valence-electron chi connectivity index (χ4n) is 3.84. The number of carbonyl (C=O) groups is 2. The minimum Gasteiger partial charge on any atom is -0.494 e. The lowest BCUT2D eigenvalue weighted by molar-refractivity contribution is -0.112. The number of hydrogen-bond acceptors (Lipinski definition) is 5. The molecule has 5 nitrogen and oxygen atoms in total. The van der Waals surface area contributed by atoms with Crippen LogP contribution in [0.25, 0.3) is 0 Å². The summed E-state index contributed by atoms with van der Waals surface area (Å²) < 4.78 is 11.3. The molecule has 5 heteroatoms. The molecule has 0 spiro atoms. The molecule has 0 heterocycles. The third-order valence-electron chi connectivity index (χ3n) is 5.72. The number of hydrogen-bond donors (Lipinski definition) is 1. The molecule has 2 rings (SSSR count). The van der Waals surface area contributed by atoms with Crippen molar-refractivity contribution in [2.45, 2.75) is 71.6 Å². The van der Waals surface area contributed by atoms with Gasteiger partial charge in [-0.15, -0.1) is 0 Å². The highest BCUT2D eigenvalue weighted by molar-refractivity contribution is 5.91. The van der Waals surface area contributed by atoms with Crippen molar-refractivity contribution in [3.8, 4) is 11.5 Å². The van der Waals surface area contributed by atoms with Gasteiger partial charge in [0.2, 0.25) is 0 Å². The number of allylic oxidation sites excluding steroid dienone is 5. The number of nitrogens with one attached hydrogen (secondary N) is 1. The van der Waals surface area contributed by atoms with Gasteiger partial charge in [-0.25, -0.2) is 4.79 Å². The van der Waals surface area contributed by atoms with Gasteiger partial charge in [0.25, 0.3) is 0 Å². The molecule has 0 aromatic heterocycles. The zero-order chi connectivity index (χ0) is 26.7. The summed E-state index contributed by atoms with van der Waals surface area (Å²) in [6.07, 6.45) is 18.6. The number of anilines is 1. The van der Waals surface area contributed by atoms with Crippen LogP contribution in [0.5, 0.6) is 11.5 Å². The Bertz CT molecular complexity index is 1020. The van der Waals surface area contributed by atoms with Gasteiger partial charge in [0.1, 0.15) is 11.5 Å². The molecular formula is C32H41NO4. The number of ketones is 1. The molecule has 0 atom stereocenters. The van der Waals surface area contributed by atoms with Crippen LogP contribution >= 0.6 is 0 Å². The van der Waals surface area contributed by atoms with Gasteiger partial charge in [-0.3, -0.25) is 4.79 Å². The molecule has 0 aliphatic rings. The topological polar surface area (TPSA) is 64.6 Å². The van der Waals surface area contributed by atoms with Gasteiger partial charge in [-0.2, -0.15) is 0 Å². The van der Waals surface area contributed by atoms with E-state index in [9.17, 15) is 9.59 Å². The Morgan fingerprint density at radius 1 is 0.811 bits per heavy atom.